The topological polar surface area (TPSA) is 46.1 Å². The van der Waals surface area contributed by atoms with Crippen molar-refractivity contribution in [3.63, 3.8) is 0 Å². The average Bonchev–Trinajstić information content (AvgIpc) is 3.03. The molecule has 25 heavy (non-hydrogen) atoms. The van der Waals surface area contributed by atoms with Gasteiger partial charge in [0.15, 0.2) is 5.96 Å². The molecule has 1 aliphatic rings. The van der Waals surface area contributed by atoms with Gasteiger partial charge in [-0.25, -0.2) is 0 Å². The minimum Gasteiger partial charge on any atom is -0.379 e. The number of nitrogens with zero attached hydrogens (tertiary/aromatic N) is 2. The fourth-order valence-electron chi connectivity index (χ4n) is 2.74. The molecule has 6 heteroatoms. The summed E-state index contributed by atoms with van der Waals surface area (Å²) < 4.78 is 11.1. The summed E-state index contributed by atoms with van der Waals surface area (Å²) in [6.45, 7) is 9.54. The number of aliphatic imine (C=N–C) groups is 1. The van der Waals surface area contributed by atoms with Crippen LogP contribution in [0.25, 0.3) is 0 Å². The van der Waals surface area contributed by atoms with Crippen LogP contribution in [0.15, 0.2) is 29.3 Å². The molecule has 0 atom stereocenters. The van der Waals surface area contributed by atoms with Gasteiger partial charge in [-0.3, -0.25) is 4.99 Å². The van der Waals surface area contributed by atoms with E-state index in [4.69, 9.17) is 14.5 Å². The molecular weight excluding hydrogens is 429 g/mol. The van der Waals surface area contributed by atoms with E-state index in [1.807, 2.05) is 0 Å². The van der Waals surface area contributed by atoms with E-state index in [1.165, 1.54) is 17.7 Å². The maximum absolute atomic E-state index is 5.60. The van der Waals surface area contributed by atoms with Gasteiger partial charge in [-0.15, -0.1) is 24.0 Å². The molecule has 1 N–H and O–H groups in total. The fourth-order valence-corrected chi connectivity index (χ4v) is 2.74. The Labute approximate surface area is 169 Å². The van der Waals surface area contributed by atoms with Gasteiger partial charge in [0.1, 0.15) is 0 Å². The lowest BCUT2D eigenvalue weighted by molar-refractivity contribution is 0.0497. The molecule has 1 aromatic carbocycles. The van der Waals surface area contributed by atoms with Crippen molar-refractivity contribution in [3.05, 3.63) is 29.8 Å². The van der Waals surface area contributed by atoms with Crippen LogP contribution >= 0.6 is 24.0 Å². The maximum atomic E-state index is 5.60. The fraction of sp³-hybridized carbons (Fsp3) is 0.632. The summed E-state index contributed by atoms with van der Waals surface area (Å²) in [6.07, 6.45) is 3.36. The number of benzene rings is 1. The molecule has 0 bridgehead atoms. The molecular formula is C19H32IN3O2. The molecule has 0 radical (unpaired) electrons. The molecule has 0 unspecified atom stereocenters. The first-order valence-electron chi connectivity index (χ1n) is 9.16. The van der Waals surface area contributed by atoms with E-state index in [0.717, 1.165) is 38.5 Å². The van der Waals surface area contributed by atoms with Crippen LogP contribution in [-0.4, -0.2) is 52.0 Å². The van der Waals surface area contributed by atoms with Gasteiger partial charge in [0.05, 0.1) is 26.4 Å². The molecule has 1 aromatic rings. The van der Waals surface area contributed by atoms with Crippen LogP contribution in [0, 0.1) is 0 Å². The van der Waals surface area contributed by atoms with Gasteiger partial charge in [-0.2, -0.15) is 0 Å². The summed E-state index contributed by atoms with van der Waals surface area (Å²) in [5.41, 5.74) is 2.66. The summed E-state index contributed by atoms with van der Waals surface area (Å²) in [6, 6.07) is 8.55. The summed E-state index contributed by atoms with van der Waals surface area (Å²) in [5, 5.41) is 3.39. The number of rotatable bonds is 10. The number of halogens is 1. The van der Waals surface area contributed by atoms with E-state index in [2.05, 4.69) is 48.3 Å². The Morgan fingerprint density at radius 3 is 2.64 bits per heavy atom. The normalized spacial score (nSPS) is 13.5. The Hall–Kier alpha value is -0.860. The van der Waals surface area contributed by atoms with Crippen molar-refractivity contribution in [2.24, 2.45) is 4.99 Å². The summed E-state index contributed by atoms with van der Waals surface area (Å²) in [4.78, 5) is 6.98. The lowest BCUT2D eigenvalue weighted by Gasteiger charge is -2.22. The van der Waals surface area contributed by atoms with Gasteiger partial charge in [0, 0.05) is 25.4 Å². The van der Waals surface area contributed by atoms with Crippen LogP contribution in [0.4, 0.5) is 5.69 Å². The van der Waals surface area contributed by atoms with Crippen LogP contribution in [0.1, 0.15) is 32.3 Å². The third kappa shape index (κ3) is 7.50. The molecule has 0 aliphatic carbocycles. The number of hydrogen-bond donors (Lipinski definition) is 1. The Kier molecular flexibility index (Phi) is 11.9. The number of anilines is 1. The van der Waals surface area contributed by atoms with E-state index < -0.39 is 0 Å². The van der Waals surface area contributed by atoms with Crippen molar-refractivity contribution >= 4 is 35.6 Å². The van der Waals surface area contributed by atoms with E-state index in [1.54, 1.807) is 0 Å². The summed E-state index contributed by atoms with van der Waals surface area (Å²) in [5.74, 6) is 0.949. The van der Waals surface area contributed by atoms with E-state index in [9.17, 15) is 0 Å². The Morgan fingerprint density at radius 1 is 1.12 bits per heavy atom. The third-order valence-electron chi connectivity index (χ3n) is 3.99. The number of fused-ring (bicyclic) bond motifs is 1. The second-order valence-corrected chi connectivity index (χ2v) is 5.84. The van der Waals surface area contributed by atoms with Gasteiger partial charge in [-0.1, -0.05) is 31.5 Å². The lowest BCUT2D eigenvalue weighted by atomic mass is 10.2. The molecule has 1 aliphatic heterocycles. The first-order valence-corrected chi connectivity index (χ1v) is 9.16. The molecule has 0 amide bonds. The highest BCUT2D eigenvalue weighted by Gasteiger charge is 2.22. The van der Waals surface area contributed by atoms with Crippen LogP contribution in [0.2, 0.25) is 0 Å². The largest absolute Gasteiger partial charge is 0.379 e. The first-order chi connectivity index (χ1) is 11.9. The maximum Gasteiger partial charge on any atom is 0.198 e. The van der Waals surface area contributed by atoms with E-state index >= 15 is 0 Å². The number of ether oxygens (including phenoxy) is 2. The molecule has 5 nitrogen and oxygen atoms in total. The molecule has 2 rings (SSSR count). The van der Waals surface area contributed by atoms with Gasteiger partial charge in [0.25, 0.3) is 0 Å². The smallest absolute Gasteiger partial charge is 0.198 e. The van der Waals surface area contributed by atoms with Crippen molar-refractivity contribution < 1.29 is 9.47 Å². The average molecular weight is 461 g/mol. The SMILES string of the molecule is CCCCOCCOCCN=C(NCC)N1CCc2ccccc21.I. The molecule has 0 spiro atoms. The standard InChI is InChI=1S/C19H31N3O2.HI/c1-3-5-13-23-15-16-24-14-11-21-19(20-4-2)22-12-10-17-8-6-7-9-18(17)22;/h6-9H,3-5,10-16H2,1-2H3,(H,20,21);1H. The summed E-state index contributed by atoms with van der Waals surface area (Å²) >= 11 is 0. The quantitative estimate of drug-likeness (QED) is 0.251. The van der Waals surface area contributed by atoms with Gasteiger partial charge in [-0.05, 0) is 31.4 Å². The number of nitrogens with one attached hydrogen (secondary N) is 1. The second-order valence-electron chi connectivity index (χ2n) is 5.84. The Bertz CT molecular complexity index is 511. The van der Waals surface area contributed by atoms with Crippen molar-refractivity contribution in [1.82, 2.24) is 5.32 Å². The summed E-state index contributed by atoms with van der Waals surface area (Å²) in [7, 11) is 0. The highest BCUT2D eigenvalue weighted by atomic mass is 127. The van der Waals surface area contributed by atoms with Crippen LogP contribution in [0.3, 0.4) is 0 Å². The second kappa shape index (κ2) is 13.4. The highest BCUT2D eigenvalue weighted by Crippen LogP contribution is 2.27. The molecule has 1 heterocycles. The molecule has 0 saturated carbocycles. The minimum absolute atomic E-state index is 0. The van der Waals surface area contributed by atoms with E-state index in [0.29, 0.717) is 26.4 Å². The van der Waals surface area contributed by atoms with Crippen molar-refractivity contribution in [1.29, 1.82) is 0 Å². The number of guanidine groups is 1. The van der Waals surface area contributed by atoms with Crippen LogP contribution < -0.4 is 10.2 Å². The van der Waals surface area contributed by atoms with Gasteiger partial charge < -0.3 is 19.7 Å². The van der Waals surface area contributed by atoms with Crippen LogP contribution in [0.5, 0.6) is 0 Å². The van der Waals surface area contributed by atoms with Gasteiger partial charge in [0.2, 0.25) is 0 Å². The van der Waals surface area contributed by atoms with Crippen molar-refractivity contribution in [2.45, 2.75) is 33.1 Å². The zero-order valence-corrected chi connectivity index (χ0v) is 17.8. The number of hydrogen-bond acceptors (Lipinski definition) is 3. The molecule has 142 valence electrons. The van der Waals surface area contributed by atoms with E-state index in [-0.39, 0.29) is 24.0 Å². The Morgan fingerprint density at radius 2 is 1.88 bits per heavy atom. The van der Waals surface area contributed by atoms with Crippen molar-refractivity contribution in [2.75, 3.05) is 51.0 Å². The monoisotopic (exact) mass is 461 g/mol. The minimum atomic E-state index is 0. The molecule has 0 fully saturated rings. The van der Waals surface area contributed by atoms with Crippen LogP contribution in [-0.2, 0) is 15.9 Å². The van der Waals surface area contributed by atoms with Gasteiger partial charge >= 0.3 is 0 Å². The third-order valence-corrected chi connectivity index (χ3v) is 3.99. The lowest BCUT2D eigenvalue weighted by Crippen LogP contribution is -2.40. The zero-order chi connectivity index (χ0) is 17.0. The molecule has 0 saturated heterocycles. The Balaban J connectivity index is 0.00000312. The zero-order valence-electron chi connectivity index (χ0n) is 15.5. The number of unbranched alkanes of at least 4 members (excludes halogenated alkanes) is 1. The highest BCUT2D eigenvalue weighted by molar-refractivity contribution is 14.0. The van der Waals surface area contributed by atoms with Crippen molar-refractivity contribution in [3.8, 4) is 0 Å². The first kappa shape index (κ1) is 22.2. The number of para-hydroxylation sites is 1. The molecule has 0 aromatic heterocycles. The predicted molar refractivity (Wildman–Crippen MR) is 115 cm³/mol. The predicted octanol–water partition coefficient (Wildman–Crippen LogP) is 3.47.